The molecule has 0 aliphatic rings. The lowest BCUT2D eigenvalue weighted by Crippen LogP contribution is -2.44. The van der Waals surface area contributed by atoms with Gasteiger partial charge in [-0.25, -0.2) is 8.42 Å². The molecule has 0 spiro atoms. The lowest BCUT2D eigenvalue weighted by Gasteiger charge is -2.19. The highest BCUT2D eigenvalue weighted by atomic mass is 35.5. The van der Waals surface area contributed by atoms with Crippen LogP contribution in [0.1, 0.15) is 26.0 Å². The van der Waals surface area contributed by atoms with Crippen molar-refractivity contribution >= 4 is 33.3 Å². The Morgan fingerprint density at radius 1 is 1.28 bits per heavy atom. The van der Waals surface area contributed by atoms with Crippen molar-refractivity contribution in [2.45, 2.75) is 38.1 Å². The first-order valence-electron chi connectivity index (χ1n) is 7.69. The summed E-state index contributed by atoms with van der Waals surface area (Å²) in [6.45, 7) is 5.49. The van der Waals surface area contributed by atoms with E-state index in [9.17, 15) is 13.2 Å². The van der Waals surface area contributed by atoms with Crippen LogP contribution in [0, 0.1) is 12.8 Å². The molecule has 1 atom stereocenters. The van der Waals surface area contributed by atoms with Gasteiger partial charge in [-0.3, -0.25) is 4.79 Å². The molecule has 1 aromatic carbocycles. The second kappa shape index (κ2) is 7.99. The number of carbonyl (C=O) groups is 1. The molecule has 2 aromatic rings. The predicted molar refractivity (Wildman–Crippen MR) is 94.9 cm³/mol. The summed E-state index contributed by atoms with van der Waals surface area (Å²) in [6, 6.07) is 6.33. The van der Waals surface area contributed by atoms with Crippen LogP contribution in [0.3, 0.4) is 0 Å². The molecular formula is C16H20ClN3O4S. The summed E-state index contributed by atoms with van der Waals surface area (Å²) in [5.41, 5.74) is 0. The van der Waals surface area contributed by atoms with Crippen LogP contribution in [0.25, 0.3) is 0 Å². The Bertz CT molecular complexity index is 831. The zero-order chi connectivity index (χ0) is 18.6. The average molecular weight is 386 g/mol. The molecule has 25 heavy (non-hydrogen) atoms. The second-order valence-corrected chi connectivity index (χ2v) is 8.22. The van der Waals surface area contributed by atoms with Crippen LogP contribution in [0.5, 0.6) is 0 Å². The number of hydrogen-bond donors (Lipinski definition) is 2. The fourth-order valence-electron chi connectivity index (χ4n) is 2.19. The fourth-order valence-corrected chi connectivity index (χ4v) is 3.52. The third-order valence-electron chi connectivity index (χ3n) is 3.32. The highest BCUT2D eigenvalue weighted by molar-refractivity contribution is 7.89. The number of rotatable bonds is 7. The van der Waals surface area contributed by atoms with Crippen LogP contribution in [0.15, 0.2) is 39.8 Å². The Morgan fingerprint density at radius 2 is 1.92 bits per heavy atom. The van der Waals surface area contributed by atoms with E-state index in [-0.39, 0.29) is 16.6 Å². The second-order valence-electron chi connectivity index (χ2n) is 6.07. The first-order chi connectivity index (χ1) is 11.7. The number of hydrogen-bond acceptors (Lipinski definition) is 5. The third-order valence-corrected chi connectivity index (χ3v) is 5.06. The standard InChI is InChI=1S/C16H20ClN3O4S/c1-10(2)8-14(16(21)18-15-9-11(3)24-19-15)20-25(22,23)13-6-4-12(17)5-7-13/h4-7,9-10,14,20H,8H2,1-3H3,(H,18,19,21)/t14-/m1/s1. The quantitative estimate of drug-likeness (QED) is 0.762. The molecule has 0 bridgehead atoms. The molecule has 2 rings (SSSR count). The number of amides is 1. The summed E-state index contributed by atoms with van der Waals surface area (Å²) < 4.78 is 32.4. The molecule has 0 radical (unpaired) electrons. The minimum Gasteiger partial charge on any atom is -0.360 e. The molecule has 0 saturated carbocycles. The van der Waals surface area contributed by atoms with Crippen LogP contribution in [-0.4, -0.2) is 25.5 Å². The zero-order valence-corrected chi connectivity index (χ0v) is 15.7. The number of nitrogens with one attached hydrogen (secondary N) is 2. The molecule has 0 unspecified atom stereocenters. The van der Waals surface area contributed by atoms with Crippen molar-refractivity contribution in [3.63, 3.8) is 0 Å². The van der Waals surface area contributed by atoms with E-state index in [1.165, 1.54) is 24.3 Å². The summed E-state index contributed by atoms with van der Waals surface area (Å²) in [5.74, 6) is 0.377. The molecule has 1 aromatic heterocycles. The molecule has 1 amide bonds. The van der Waals surface area contributed by atoms with Crippen LogP contribution in [-0.2, 0) is 14.8 Å². The van der Waals surface area contributed by atoms with Crippen molar-refractivity contribution in [2.24, 2.45) is 5.92 Å². The summed E-state index contributed by atoms with van der Waals surface area (Å²) in [5, 5.41) is 6.67. The van der Waals surface area contributed by atoms with E-state index in [4.69, 9.17) is 16.1 Å². The Kier molecular flexibility index (Phi) is 6.21. The SMILES string of the molecule is Cc1cc(NC(=O)[C@@H](CC(C)C)NS(=O)(=O)c2ccc(Cl)cc2)no1. The number of sulfonamides is 1. The predicted octanol–water partition coefficient (Wildman–Crippen LogP) is 2.97. The Morgan fingerprint density at radius 3 is 2.44 bits per heavy atom. The number of anilines is 1. The average Bonchev–Trinajstić information content (AvgIpc) is 2.91. The Balaban J connectivity index is 2.18. The number of halogens is 1. The summed E-state index contributed by atoms with van der Waals surface area (Å²) >= 11 is 5.78. The van der Waals surface area contributed by atoms with Gasteiger partial charge in [0.05, 0.1) is 4.90 Å². The fraction of sp³-hybridized carbons (Fsp3) is 0.375. The van der Waals surface area contributed by atoms with Crippen molar-refractivity contribution < 1.29 is 17.7 Å². The van der Waals surface area contributed by atoms with Gasteiger partial charge in [0.25, 0.3) is 0 Å². The molecule has 0 aliphatic carbocycles. The first kappa shape index (κ1) is 19.4. The maximum absolute atomic E-state index is 12.5. The molecule has 7 nitrogen and oxygen atoms in total. The van der Waals surface area contributed by atoms with E-state index in [2.05, 4.69) is 15.2 Å². The van der Waals surface area contributed by atoms with Gasteiger partial charge in [0, 0.05) is 11.1 Å². The van der Waals surface area contributed by atoms with Crippen molar-refractivity contribution in [1.29, 1.82) is 0 Å². The summed E-state index contributed by atoms with van der Waals surface area (Å²) in [7, 11) is -3.87. The van der Waals surface area contributed by atoms with E-state index in [0.717, 1.165) is 0 Å². The van der Waals surface area contributed by atoms with Crippen molar-refractivity contribution in [1.82, 2.24) is 9.88 Å². The zero-order valence-electron chi connectivity index (χ0n) is 14.1. The van der Waals surface area contributed by atoms with Gasteiger partial charge in [-0.1, -0.05) is 30.6 Å². The van der Waals surface area contributed by atoms with Crippen molar-refractivity contribution in [2.75, 3.05) is 5.32 Å². The van der Waals surface area contributed by atoms with E-state index >= 15 is 0 Å². The molecule has 1 heterocycles. The minimum atomic E-state index is -3.87. The highest BCUT2D eigenvalue weighted by Crippen LogP contribution is 2.17. The maximum Gasteiger partial charge on any atom is 0.243 e. The van der Waals surface area contributed by atoms with Crippen molar-refractivity contribution in [3.05, 3.63) is 41.1 Å². The van der Waals surface area contributed by atoms with Crippen LogP contribution < -0.4 is 10.0 Å². The molecular weight excluding hydrogens is 366 g/mol. The molecule has 9 heteroatoms. The molecule has 136 valence electrons. The monoisotopic (exact) mass is 385 g/mol. The van der Waals surface area contributed by atoms with Crippen LogP contribution in [0.4, 0.5) is 5.82 Å². The minimum absolute atomic E-state index is 0.0377. The van der Waals surface area contributed by atoms with E-state index in [1.807, 2.05) is 13.8 Å². The van der Waals surface area contributed by atoms with Gasteiger partial charge in [-0.2, -0.15) is 4.72 Å². The first-order valence-corrected chi connectivity index (χ1v) is 9.55. The van der Waals surface area contributed by atoms with Gasteiger partial charge in [0.1, 0.15) is 11.8 Å². The summed E-state index contributed by atoms with van der Waals surface area (Å²) in [6.07, 6.45) is 0.329. The number of carbonyl (C=O) groups excluding carboxylic acids is 1. The third kappa shape index (κ3) is 5.55. The number of nitrogens with zero attached hydrogens (tertiary/aromatic N) is 1. The Labute approximate surface area is 151 Å². The molecule has 0 fully saturated rings. The van der Waals surface area contributed by atoms with E-state index in [1.54, 1.807) is 13.0 Å². The maximum atomic E-state index is 12.5. The van der Waals surface area contributed by atoms with E-state index in [0.29, 0.717) is 17.2 Å². The van der Waals surface area contributed by atoms with Gasteiger partial charge in [0.2, 0.25) is 15.9 Å². The lowest BCUT2D eigenvalue weighted by atomic mass is 10.0. The summed E-state index contributed by atoms with van der Waals surface area (Å²) in [4.78, 5) is 12.5. The largest absolute Gasteiger partial charge is 0.360 e. The molecule has 2 N–H and O–H groups in total. The number of benzene rings is 1. The van der Waals surface area contributed by atoms with Crippen LogP contribution in [0.2, 0.25) is 5.02 Å². The Hall–Kier alpha value is -1.90. The van der Waals surface area contributed by atoms with Crippen molar-refractivity contribution in [3.8, 4) is 0 Å². The number of aromatic nitrogens is 1. The van der Waals surface area contributed by atoms with Gasteiger partial charge >= 0.3 is 0 Å². The lowest BCUT2D eigenvalue weighted by molar-refractivity contribution is -0.118. The topological polar surface area (TPSA) is 101 Å². The van der Waals surface area contributed by atoms with Crippen LogP contribution >= 0.6 is 11.6 Å². The van der Waals surface area contributed by atoms with Gasteiger partial charge in [0.15, 0.2) is 5.82 Å². The molecule has 0 saturated heterocycles. The van der Waals surface area contributed by atoms with Gasteiger partial charge in [-0.15, -0.1) is 0 Å². The van der Waals surface area contributed by atoms with E-state index < -0.39 is 22.0 Å². The molecule has 0 aliphatic heterocycles. The van der Waals surface area contributed by atoms with Gasteiger partial charge < -0.3 is 9.84 Å². The smallest absolute Gasteiger partial charge is 0.243 e. The normalized spacial score (nSPS) is 13.0. The number of aryl methyl sites for hydroxylation is 1. The highest BCUT2D eigenvalue weighted by Gasteiger charge is 2.27. The van der Waals surface area contributed by atoms with Gasteiger partial charge in [-0.05, 0) is 43.5 Å².